The first-order valence-corrected chi connectivity index (χ1v) is 8.11. The minimum absolute atomic E-state index is 0.261. The van der Waals surface area contributed by atoms with Crippen molar-refractivity contribution in [2.24, 2.45) is 0 Å². The second kappa shape index (κ2) is 13.9. The van der Waals surface area contributed by atoms with Crippen LogP contribution in [0.3, 0.4) is 0 Å². The lowest BCUT2D eigenvalue weighted by molar-refractivity contribution is -0.132. The first-order valence-electron chi connectivity index (χ1n) is 8.11. The van der Waals surface area contributed by atoms with E-state index in [0.29, 0.717) is 13.0 Å². The molecule has 0 aliphatic rings. The molecule has 3 nitrogen and oxygen atoms in total. The van der Waals surface area contributed by atoms with Crippen LogP contribution in [0.25, 0.3) is 0 Å². The van der Waals surface area contributed by atoms with Gasteiger partial charge in [0.25, 0.3) is 0 Å². The fraction of sp³-hybridized carbons (Fsp3) is 0.938. The number of unbranched alkanes of at least 4 members (excludes halogenated alkanes) is 4. The molecule has 0 atom stereocenters. The van der Waals surface area contributed by atoms with E-state index < -0.39 is 0 Å². The Balaban J connectivity index is 3.76. The Hall–Kier alpha value is -0.570. The van der Waals surface area contributed by atoms with Crippen LogP contribution in [0.4, 0.5) is 0 Å². The molecule has 0 aromatic rings. The van der Waals surface area contributed by atoms with Crippen LogP contribution in [-0.4, -0.2) is 37.1 Å². The number of rotatable bonds is 13. The highest BCUT2D eigenvalue weighted by Crippen LogP contribution is 2.03. The lowest BCUT2D eigenvalue weighted by Gasteiger charge is -2.22. The van der Waals surface area contributed by atoms with Crippen molar-refractivity contribution in [3.63, 3.8) is 0 Å². The lowest BCUT2D eigenvalue weighted by Crippen LogP contribution is -2.33. The summed E-state index contributed by atoms with van der Waals surface area (Å²) in [5.41, 5.74) is 0. The summed E-state index contributed by atoms with van der Waals surface area (Å²) in [6.45, 7) is 9.71. The van der Waals surface area contributed by atoms with Gasteiger partial charge in [0, 0.05) is 19.7 Å². The van der Waals surface area contributed by atoms with Crippen molar-refractivity contribution >= 4 is 5.91 Å². The molecule has 114 valence electrons. The van der Waals surface area contributed by atoms with Gasteiger partial charge in [0.2, 0.25) is 5.91 Å². The Morgan fingerprint density at radius 1 is 0.842 bits per heavy atom. The summed E-state index contributed by atoms with van der Waals surface area (Å²) in [7, 11) is 0. The number of carbonyl (C=O) groups excluding carboxylic acids is 1. The summed E-state index contributed by atoms with van der Waals surface area (Å²) >= 11 is 0. The van der Waals surface area contributed by atoms with Crippen LogP contribution in [0.5, 0.6) is 0 Å². The first kappa shape index (κ1) is 18.4. The number of hydrogen-bond acceptors (Lipinski definition) is 2. The molecule has 0 fully saturated rings. The molecule has 19 heavy (non-hydrogen) atoms. The van der Waals surface area contributed by atoms with Crippen LogP contribution >= 0.6 is 0 Å². The van der Waals surface area contributed by atoms with E-state index in [9.17, 15) is 4.79 Å². The van der Waals surface area contributed by atoms with Crippen molar-refractivity contribution in [1.29, 1.82) is 0 Å². The molecule has 3 heteroatoms. The van der Waals surface area contributed by atoms with Crippen LogP contribution in [0.1, 0.15) is 72.1 Å². The first-order chi connectivity index (χ1) is 9.26. The molecule has 0 radical (unpaired) electrons. The third kappa shape index (κ3) is 11.0. The van der Waals surface area contributed by atoms with Gasteiger partial charge in [0.05, 0.1) is 13.0 Å². The summed E-state index contributed by atoms with van der Waals surface area (Å²) in [6.07, 6.45) is 8.57. The maximum Gasteiger partial charge on any atom is 0.224 e. The fourth-order valence-corrected chi connectivity index (χ4v) is 1.93. The van der Waals surface area contributed by atoms with Crippen LogP contribution in [0.2, 0.25) is 0 Å². The Morgan fingerprint density at radius 3 is 1.95 bits per heavy atom. The van der Waals surface area contributed by atoms with Gasteiger partial charge in [0.15, 0.2) is 0 Å². The van der Waals surface area contributed by atoms with Crippen molar-refractivity contribution in [3.8, 4) is 0 Å². The van der Waals surface area contributed by atoms with Crippen LogP contribution < -0.4 is 0 Å². The van der Waals surface area contributed by atoms with E-state index in [1.54, 1.807) is 0 Å². The topological polar surface area (TPSA) is 29.5 Å². The number of ether oxygens (including phenoxy) is 1. The van der Waals surface area contributed by atoms with E-state index in [1.807, 2.05) is 4.90 Å². The molecule has 0 aliphatic heterocycles. The predicted molar refractivity (Wildman–Crippen MR) is 81.4 cm³/mol. The number of carbonyl (C=O) groups is 1. The average molecular weight is 271 g/mol. The summed E-state index contributed by atoms with van der Waals surface area (Å²) in [4.78, 5) is 14.1. The van der Waals surface area contributed by atoms with Gasteiger partial charge in [-0.15, -0.1) is 0 Å². The van der Waals surface area contributed by atoms with Crippen LogP contribution in [-0.2, 0) is 9.53 Å². The monoisotopic (exact) mass is 271 g/mol. The third-order valence-electron chi connectivity index (χ3n) is 3.27. The predicted octanol–water partition coefficient (Wildman–Crippen LogP) is 4.01. The van der Waals surface area contributed by atoms with E-state index in [1.165, 1.54) is 12.8 Å². The van der Waals surface area contributed by atoms with Crippen molar-refractivity contribution in [2.75, 3.05) is 26.3 Å². The summed E-state index contributed by atoms with van der Waals surface area (Å²) < 4.78 is 5.52. The largest absolute Gasteiger partial charge is 0.381 e. The van der Waals surface area contributed by atoms with Crippen molar-refractivity contribution < 1.29 is 9.53 Å². The molecule has 0 rings (SSSR count). The maximum absolute atomic E-state index is 12.1. The van der Waals surface area contributed by atoms with Gasteiger partial charge in [-0.1, -0.05) is 46.5 Å². The summed E-state index contributed by atoms with van der Waals surface area (Å²) in [5.74, 6) is 0.261. The number of hydrogen-bond donors (Lipinski definition) is 0. The zero-order chi connectivity index (χ0) is 14.3. The Kier molecular flexibility index (Phi) is 13.4. The highest BCUT2D eigenvalue weighted by atomic mass is 16.5. The van der Waals surface area contributed by atoms with Gasteiger partial charge in [0.1, 0.15) is 0 Å². The molecule has 0 bridgehead atoms. The minimum Gasteiger partial charge on any atom is -0.381 e. The maximum atomic E-state index is 12.1. The van der Waals surface area contributed by atoms with E-state index in [-0.39, 0.29) is 5.91 Å². The lowest BCUT2D eigenvalue weighted by atomic mass is 10.2. The smallest absolute Gasteiger partial charge is 0.224 e. The van der Waals surface area contributed by atoms with Crippen LogP contribution in [0.15, 0.2) is 0 Å². The Labute approximate surface area is 119 Å². The van der Waals surface area contributed by atoms with Crippen LogP contribution in [0, 0.1) is 0 Å². The molecule has 0 aromatic carbocycles. The molecule has 0 heterocycles. The quantitative estimate of drug-likeness (QED) is 0.474. The second-order valence-electron chi connectivity index (χ2n) is 5.16. The normalized spacial score (nSPS) is 10.7. The van der Waals surface area contributed by atoms with Gasteiger partial charge >= 0.3 is 0 Å². The molecule has 0 spiro atoms. The standard InChI is InChI=1S/C16H33NO2/c1-4-7-10-14-19-15-11-16(18)17(12-8-5-2)13-9-6-3/h4-15H2,1-3H3. The molecule has 0 aromatic heterocycles. The highest BCUT2D eigenvalue weighted by Gasteiger charge is 2.11. The highest BCUT2D eigenvalue weighted by molar-refractivity contribution is 5.76. The van der Waals surface area contributed by atoms with E-state index in [2.05, 4.69) is 20.8 Å². The van der Waals surface area contributed by atoms with E-state index in [0.717, 1.165) is 51.8 Å². The van der Waals surface area contributed by atoms with Crippen molar-refractivity contribution in [3.05, 3.63) is 0 Å². The van der Waals surface area contributed by atoms with E-state index in [4.69, 9.17) is 4.74 Å². The fourth-order valence-electron chi connectivity index (χ4n) is 1.93. The second-order valence-corrected chi connectivity index (χ2v) is 5.16. The average Bonchev–Trinajstić information content (AvgIpc) is 2.42. The zero-order valence-electron chi connectivity index (χ0n) is 13.2. The van der Waals surface area contributed by atoms with Crippen molar-refractivity contribution in [2.45, 2.75) is 72.1 Å². The van der Waals surface area contributed by atoms with Gasteiger partial charge in [-0.25, -0.2) is 0 Å². The zero-order valence-corrected chi connectivity index (χ0v) is 13.2. The minimum atomic E-state index is 0.261. The molecular formula is C16H33NO2. The van der Waals surface area contributed by atoms with Gasteiger partial charge in [-0.3, -0.25) is 4.79 Å². The molecular weight excluding hydrogens is 238 g/mol. The molecule has 0 saturated heterocycles. The molecule has 0 aliphatic carbocycles. The Bertz CT molecular complexity index is 199. The Morgan fingerprint density at radius 2 is 1.42 bits per heavy atom. The third-order valence-corrected chi connectivity index (χ3v) is 3.27. The van der Waals surface area contributed by atoms with Gasteiger partial charge in [-0.05, 0) is 19.3 Å². The van der Waals surface area contributed by atoms with Gasteiger partial charge in [-0.2, -0.15) is 0 Å². The van der Waals surface area contributed by atoms with E-state index >= 15 is 0 Å². The summed E-state index contributed by atoms with van der Waals surface area (Å²) in [6, 6.07) is 0. The molecule has 1 amide bonds. The SMILES string of the molecule is CCCCCOCCC(=O)N(CCCC)CCCC. The summed E-state index contributed by atoms with van der Waals surface area (Å²) in [5, 5.41) is 0. The molecule has 0 N–H and O–H groups in total. The molecule has 0 unspecified atom stereocenters. The number of amides is 1. The van der Waals surface area contributed by atoms with Gasteiger partial charge < -0.3 is 9.64 Å². The van der Waals surface area contributed by atoms with Crippen molar-refractivity contribution in [1.82, 2.24) is 4.90 Å². The molecule has 0 saturated carbocycles. The number of nitrogens with zero attached hydrogens (tertiary/aromatic N) is 1.